The number of benzene rings is 2. The predicted molar refractivity (Wildman–Crippen MR) is 79.5 cm³/mol. The summed E-state index contributed by atoms with van der Waals surface area (Å²) in [4.78, 5) is 14.0. The molecule has 98 valence electrons. The third-order valence-electron chi connectivity index (χ3n) is 3.03. The number of carbonyl (C=O) groups is 1. The number of carbonyl (C=O) groups excluding carboxylic acids is 1. The van der Waals surface area contributed by atoms with E-state index in [0.29, 0.717) is 11.3 Å². The molecule has 0 aliphatic carbocycles. The molecule has 19 heavy (non-hydrogen) atoms. The van der Waals surface area contributed by atoms with E-state index in [2.05, 4.69) is 6.07 Å². The first kappa shape index (κ1) is 13.1. The van der Waals surface area contributed by atoms with Crippen molar-refractivity contribution in [1.82, 2.24) is 0 Å². The zero-order valence-electron chi connectivity index (χ0n) is 11.5. The Hall–Kier alpha value is -2.29. The van der Waals surface area contributed by atoms with Gasteiger partial charge in [0.15, 0.2) is 0 Å². The molecule has 0 bridgehead atoms. The van der Waals surface area contributed by atoms with Crippen LogP contribution in [0, 0.1) is 13.8 Å². The summed E-state index contributed by atoms with van der Waals surface area (Å²) in [5.41, 5.74) is 10.1. The van der Waals surface area contributed by atoms with Crippen LogP contribution in [-0.4, -0.2) is 13.0 Å². The van der Waals surface area contributed by atoms with Gasteiger partial charge in [0.05, 0.1) is 0 Å². The summed E-state index contributed by atoms with van der Waals surface area (Å²) in [6, 6.07) is 13.1. The number of rotatable bonds is 2. The van der Waals surface area contributed by atoms with Crippen molar-refractivity contribution in [2.24, 2.45) is 0 Å². The number of anilines is 2. The molecule has 2 N–H and O–H groups in total. The van der Waals surface area contributed by atoms with Gasteiger partial charge >= 0.3 is 0 Å². The van der Waals surface area contributed by atoms with Crippen molar-refractivity contribution in [3.63, 3.8) is 0 Å². The number of hydrogen-bond donors (Lipinski definition) is 1. The maximum Gasteiger partial charge on any atom is 0.258 e. The molecule has 0 fully saturated rings. The molecule has 0 atom stereocenters. The van der Waals surface area contributed by atoms with Crippen molar-refractivity contribution in [3.8, 4) is 0 Å². The van der Waals surface area contributed by atoms with Crippen LogP contribution in [0.15, 0.2) is 42.5 Å². The van der Waals surface area contributed by atoms with Gasteiger partial charge in [0.1, 0.15) is 0 Å². The Morgan fingerprint density at radius 3 is 2.26 bits per heavy atom. The van der Waals surface area contributed by atoms with Gasteiger partial charge in [0.25, 0.3) is 5.91 Å². The van der Waals surface area contributed by atoms with Crippen LogP contribution in [0.25, 0.3) is 0 Å². The second kappa shape index (κ2) is 5.14. The summed E-state index contributed by atoms with van der Waals surface area (Å²) in [7, 11) is 1.78. The molecule has 0 unspecified atom stereocenters. The van der Waals surface area contributed by atoms with Gasteiger partial charge in [-0.05, 0) is 55.3 Å². The molecule has 0 saturated carbocycles. The van der Waals surface area contributed by atoms with E-state index in [1.807, 2.05) is 26.0 Å². The van der Waals surface area contributed by atoms with Crippen LogP contribution in [0.2, 0.25) is 0 Å². The average Bonchev–Trinajstić information content (AvgIpc) is 2.36. The molecule has 3 nitrogen and oxygen atoms in total. The lowest BCUT2D eigenvalue weighted by Gasteiger charge is -2.19. The lowest BCUT2D eigenvalue weighted by molar-refractivity contribution is 0.0993. The third kappa shape index (κ3) is 2.94. The molecule has 0 heterocycles. The Bertz CT molecular complexity index is 600. The molecular weight excluding hydrogens is 236 g/mol. The van der Waals surface area contributed by atoms with E-state index >= 15 is 0 Å². The van der Waals surface area contributed by atoms with Crippen LogP contribution in [0.5, 0.6) is 0 Å². The fourth-order valence-corrected chi connectivity index (χ4v) is 2.13. The smallest absolute Gasteiger partial charge is 0.258 e. The molecular formula is C16H18N2O. The van der Waals surface area contributed by atoms with Crippen molar-refractivity contribution in [3.05, 3.63) is 59.2 Å². The van der Waals surface area contributed by atoms with Crippen LogP contribution >= 0.6 is 0 Å². The third-order valence-corrected chi connectivity index (χ3v) is 3.03. The SMILES string of the molecule is Cc1cc(C)cc(N(C)C(=O)c2cccc(N)c2)c1. The molecule has 0 aliphatic rings. The van der Waals surface area contributed by atoms with Crippen LogP contribution in [0.4, 0.5) is 11.4 Å². The summed E-state index contributed by atoms with van der Waals surface area (Å²) in [5, 5.41) is 0. The lowest BCUT2D eigenvalue weighted by Crippen LogP contribution is -2.26. The quantitative estimate of drug-likeness (QED) is 0.837. The van der Waals surface area contributed by atoms with E-state index in [0.717, 1.165) is 16.8 Å². The molecule has 2 aromatic rings. The summed E-state index contributed by atoms with van der Waals surface area (Å²) in [6.07, 6.45) is 0. The van der Waals surface area contributed by atoms with E-state index in [1.165, 1.54) is 0 Å². The summed E-state index contributed by atoms with van der Waals surface area (Å²) < 4.78 is 0. The topological polar surface area (TPSA) is 46.3 Å². The Morgan fingerprint density at radius 1 is 1.05 bits per heavy atom. The molecule has 1 amide bonds. The lowest BCUT2D eigenvalue weighted by atomic mass is 10.1. The molecule has 3 heteroatoms. The van der Waals surface area contributed by atoms with E-state index in [1.54, 1.807) is 36.2 Å². The number of aryl methyl sites for hydroxylation is 2. The van der Waals surface area contributed by atoms with E-state index in [9.17, 15) is 4.79 Å². The number of nitrogens with two attached hydrogens (primary N) is 1. The maximum atomic E-state index is 12.4. The fraction of sp³-hybridized carbons (Fsp3) is 0.188. The van der Waals surface area contributed by atoms with Gasteiger partial charge in [-0.25, -0.2) is 0 Å². The first-order chi connectivity index (χ1) is 8.97. The largest absolute Gasteiger partial charge is 0.399 e. The Labute approximate surface area is 113 Å². The number of nitrogen functional groups attached to an aromatic ring is 1. The van der Waals surface area contributed by atoms with Crippen LogP contribution in [0.1, 0.15) is 21.5 Å². The minimum Gasteiger partial charge on any atom is -0.399 e. The van der Waals surface area contributed by atoms with E-state index < -0.39 is 0 Å². The van der Waals surface area contributed by atoms with Crippen molar-refractivity contribution in [2.75, 3.05) is 17.7 Å². The first-order valence-electron chi connectivity index (χ1n) is 6.19. The Morgan fingerprint density at radius 2 is 1.68 bits per heavy atom. The molecule has 0 saturated heterocycles. The highest BCUT2D eigenvalue weighted by atomic mass is 16.2. The minimum absolute atomic E-state index is 0.0581. The van der Waals surface area contributed by atoms with Crippen molar-refractivity contribution in [2.45, 2.75) is 13.8 Å². The highest BCUT2D eigenvalue weighted by Crippen LogP contribution is 2.20. The van der Waals surface area contributed by atoms with Gasteiger partial charge in [-0.3, -0.25) is 4.79 Å². The summed E-state index contributed by atoms with van der Waals surface area (Å²) in [6.45, 7) is 4.05. The molecule has 0 aliphatic heterocycles. The van der Waals surface area contributed by atoms with E-state index in [-0.39, 0.29) is 5.91 Å². The van der Waals surface area contributed by atoms with Crippen LogP contribution in [-0.2, 0) is 0 Å². The van der Waals surface area contributed by atoms with Gasteiger partial charge < -0.3 is 10.6 Å². The van der Waals surface area contributed by atoms with Crippen LogP contribution in [0.3, 0.4) is 0 Å². The molecule has 2 aromatic carbocycles. The van der Waals surface area contributed by atoms with Gasteiger partial charge in [-0.1, -0.05) is 12.1 Å². The molecule has 0 radical (unpaired) electrons. The number of amides is 1. The first-order valence-corrected chi connectivity index (χ1v) is 6.19. The molecule has 2 rings (SSSR count). The Balaban J connectivity index is 2.33. The Kier molecular flexibility index (Phi) is 3.56. The number of nitrogens with zero attached hydrogens (tertiary/aromatic N) is 1. The zero-order chi connectivity index (χ0) is 14.0. The summed E-state index contributed by atoms with van der Waals surface area (Å²) in [5.74, 6) is -0.0581. The highest BCUT2D eigenvalue weighted by Gasteiger charge is 2.14. The maximum absolute atomic E-state index is 12.4. The highest BCUT2D eigenvalue weighted by molar-refractivity contribution is 6.06. The molecule has 0 aromatic heterocycles. The monoisotopic (exact) mass is 254 g/mol. The van der Waals surface area contributed by atoms with Crippen molar-refractivity contribution < 1.29 is 4.79 Å². The minimum atomic E-state index is -0.0581. The van der Waals surface area contributed by atoms with Gasteiger partial charge in [-0.2, -0.15) is 0 Å². The van der Waals surface area contributed by atoms with Gasteiger partial charge in [0.2, 0.25) is 0 Å². The van der Waals surface area contributed by atoms with Crippen LogP contribution < -0.4 is 10.6 Å². The standard InChI is InChI=1S/C16H18N2O/c1-11-7-12(2)9-15(8-11)18(3)16(19)13-5-4-6-14(17)10-13/h4-10H,17H2,1-3H3. The summed E-state index contributed by atoms with van der Waals surface area (Å²) >= 11 is 0. The van der Waals surface area contributed by atoms with Crippen molar-refractivity contribution >= 4 is 17.3 Å². The predicted octanol–water partition coefficient (Wildman–Crippen LogP) is 3.16. The fourth-order valence-electron chi connectivity index (χ4n) is 2.13. The number of hydrogen-bond acceptors (Lipinski definition) is 2. The zero-order valence-corrected chi connectivity index (χ0v) is 11.5. The average molecular weight is 254 g/mol. The van der Waals surface area contributed by atoms with Gasteiger partial charge in [-0.15, -0.1) is 0 Å². The second-order valence-electron chi connectivity index (χ2n) is 4.84. The van der Waals surface area contributed by atoms with Gasteiger partial charge in [0, 0.05) is 24.0 Å². The molecule has 0 spiro atoms. The second-order valence-corrected chi connectivity index (χ2v) is 4.84. The van der Waals surface area contributed by atoms with Crippen molar-refractivity contribution in [1.29, 1.82) is 0 Å². The normalized spacial score (nSPS) is 10.3. The van der Waals surface area contributed by atoms with E-state index in [4.69, 9.17) is 5.73 Å².